The maximum absolute atomic E-state index is 12.1. The fraction of sp³-hybridized carbons (Fsp3) is 0.667. The number of ketones is 1. The zero-order valence-electron chi connectivity index (χ0n) is 11.5. The van der Waals surface area contributed by atoms with Gasteiger partial charge in [-0.3, -0.25) is 9.48 Å². The molecule has 1 aromatic heterocycles. The monoisotopic (exact) mass is 272 g/mol. The fourth-order valence-electron chi connectivity index (χ4n) is 1.55. The van der Waals surface area contributed by atoms with Crippen LogP contribution in [-0.4, -0.2) is 66.6 Å². The van der Waals surface area contributed by atoms with Gasteiger partial charge in [0.1, 0.15) is 5.69 Å². The highest BCUT2D eigenvalue weighted by atomic mass is 35.5. The molecule has 0 spiro atoms. The van der Waals surface area contributed by atoms with Crippen LogP contribution in [0, 0.1) is 0 Å². The number of likely N-dealkylation sites (N-methyl/N-ethyl adjacent to an activating group) is 1. The van der Waals surface area contributed by atoms with E-state index in [1.165, 1.54) is 0 Å². The van der Waals surface area contributed by atoms with E-state index in [1.807, 2.05) is 38.0 Å². The first kappa shape index (κ1) is 15.1. The van der Waals surface area contributed by atoms with Crippen molar-refractivity contribution in [3.05, 3.63) is 16.9 Å². The Morgan fingerprint density at radius 3 is 2.44 bits per heavy atom. The largest absolute Gasteiger partial charge is 0.309 e. The minimum Gasteiger partial charge on any atom is -0.309 e. The molecule has 1 rings (SSSR count). The molecule has 18 heavy (non-hydrogen) atoms. The quantitative estimate of drug-likeness (QED) is 0.700. The number of nitrogens with zero attached hydrogens (tertiary/aromatic N) is 4. The molecule has 102 valence electrons. The van der Waals surface area contributed by atoms with Crippen LogP contribution >= 0.6 is 11.6 Å². The number of halogens is 1. The summed E-state index contributed by atoms with van der Waals surface area (Å²) in [4.78, 5) is 16.1. The van der Waals surface area contributed by atoms with Crippen molar-refractivity contribution in [1.82, 2.24) is 19.6 Å². The third-order valence-electron chi connectivity index (χ3n) is 2.60. The molecule has 0 saturated carbocycles. The van der Waals surface area contributed by atoms with Gasteiger partial charge in [-0.15, -0.1) is 0 Å². The molecular formula is C12H21ClN4O. The van der Waals surface area contributed by atoms with E-state index >= 15 is 0 Å². The Morgan fingerprint density at radius 1 is 1.28 bits per heavy atom. The summed E-state index contributed by atoms with van der Waals surface area (Å²) in [5.41, 5.74) is 0.528. The molecule has 0 aliphatic heterocycles. The van der Waals surface area contributed by atoms with Gasteiger partial charge >= 0.3 is 0 Å². The summed E-state index contributed by atoms with van der Waals surface area (Å²) in [5, 5.41) is 4.60. The molecule has 5 nitrogen and oxygen atoms in total. The second kappa shape index (κ2) is 6.87. The molecule has 6 heteroatoms. The number of aromatic nitrogens is 2. The predicted octanol–water partition coefficient (Wildman–Crippen LogP) is 1.23. The summed E-state index contributed by atoms with van der Waals surface area (Å²) in [6, 6.07) is 0. The molecule has 0 N–H and O–H groups in total. The van der Waals surface area contributed by atoms with Crippen molar-refractivity contribution in [2.45, 2.75) is 13.0 Å². The minimum absolute atomic E-state index is 0.0463. The average molecular weight is 273 g/mol. The lowest BCUT2D eigenvalue weighted by molar-refractivity contribution is 0.0961. The Balaban J connectivity index is 2.73. The molecule has 0 radical (unpaired) electrons. The average Bonchev–Trinajstić information content (AvgIpc) is 2.64. The van der Waals surface area contributed by atoms with Gasteiger partial charge in [0.05, 0.1) is 17.8 Å². The predicted molar refractivity (Wildman–Crippen MR) is 73.3 cm³/mol. The van der Waals surface area contributed by atoms with E-state index in [-0.39, 0.29) is 5.78 Å². The third-order valence-corrected chi connectivity index (χ3v) is 2.88. The standard InChI is InChI=1S/C12H21ClN4O/c1-15(2)6-5-11(18)12-10(13)9-14-17(12)8-7-16(3)4/h9H,5-8H2,1-4H3. The van der Waals surface area contributed by atoms with Gasteiger partial charge in [0.15, 0.2) is 5.78 Å². The second-order valence-electron chi connectivity index (χ2n) is 4.84. The summed E-state index contributed by atoms with van der Waals surface area (Å²) in [6.45, 7) is 2.21. The summed E-state index contributed by atoms with van der Waals surface area (Å²) in [7, 11) is 7.85. The SMILES string of the molecule is CN(C)CCC(=O)c1c(Cl)cnn1CCN(C)C. The van der Waals surface area contributed by atoms with Crippen LogP contribution in [-0.2, 0) is 6.54 Å². The van der Waals surface area contributed by atoms with Crippen molar-refractivity contribution in [3.8, 4) is 0 Å². The van der Waals surface area contributed by atoms with E-state index in [9.17, 15) is 4.79 Å². The van der Waals surface area contributed by atoms with Gasteiger partial charge in [-0.05, 0) is 28.2 Å². The van der Waals surface area contributed by atoms with Crippen LogP contribution in [0.2, 0.25) is 5.02 Å². The van der Waals surface area contributed by atoms with Gasteiger partial charge in [-0.1, -0.05) is 11.6 Å². The third kappa shape index (κ3) is 4.40. The normalized spacial score (nSPS) is 11.5. The van der Waals surface area contributed by atoms with Crippen molar-refractivity contribution in [2.24, 2.45) is 0 Å². The van der Waals surface area contributed by atoms with Gasteiger partial charge in [0.25, 0.3) is 0 Å². The van der Waals surface area contributed by atoms with Crippen LogP contribution in [0.4, 0.5) is 0 Å². The Hall–Kier alpha value is -0.910. The second-order valence-corrected chi connectivity index (χ2v) is 5.25. The lowest BCUT2D eigenvalue weighted by atomic mass is 10.2. The van der Waals surface area contributed by atoms with Gasteiger partial charge in [0, 0.05) is 19.5 Å². The molecule has 0 saturated heterocycles. The van der Waals surface area contributed by atoms with Crippen LogP contribution in [0.5, 0.6) is 0 Å². The maximum Gasteiger partial charge on any atom is 0.183 e. The van der Waals surface area contributed by atoms with Crippen LogP contribution in [0.15, 0.2) is 6.20 Å². The molecule has 1 heterocycles. The summed E-state index contributed by atoms with van der Waals surface area (Å²) < 4.78 is 1.69. The molecule has 0 atom stereocenters. The molecule has 0 unspecified atom stereocenters. The highest BCUT2D eigenvalue weighted by molar-refractivity contribution is 6.33. The Labute approximate surface area is 113 Å². The lowest BCUT2D eigenvalue weighted by Crippen LogP contribution is -2.23. The Kier molecular flexibility index (Phi) is 5.78. The first-order valence-corrected chi connectivity index (χ1v) is 6.33. The smallest absolute Gasteiger partial charge is 0.183 e. The van der Waals surface area contributed by atoms with Crippen molar-refractivity contribution in [1.29, 1.82) is 0 Å². The first-order chi connectivity index (χ1) is 8.41. The first-order valence-electron chi connectivity index (χ1n) is 5.95. The summed E-state index contributed by atoms with van der Waals surface area (Å²) >= 11 is 6.04. The summed E-state index contributed by atoms with van der Waals surface area (Å²) in [6.07, 6.45) is 2.00. The van der Waals surface area contributed by atoms with Gasteiger partial charge < -0.3 is 9.80 Å². The summed E-state index contributed by atoms with van der Waals surface area (Å²) in [5.74, 6) is 0.0463. The van der Waals surface area contributed by atoms with Crippen molar-refractivity contribution in [3.63, 3.8) is 0 Å². The number of rotatable bonds is 7. The molecule has 0 bridgehead atoms. The van der Waals surface area contributed by atoms with E-state index in [2.05, 4.69) is 5.10 Å². The molecule has 0 aliphatic rings. The zero-order valence-corrected chi connectivity index (χ0v) is 12.2. The fourth-order valence-corrected chi connectivity index (χ4v) is 1.79. The van der Waals surface area contributed by atoms with Gasteiger partial charge in [-0.2, -0.15) is 5.10 Å². The van der Waals surface area contributed by atoms with Crippen molar-refractivity contribution >= 4 is 17.4 Å². The van der Waals surface area contributed by atoms with Crippen LogP contribution in [0.3, 0.4) is 0 Å². The topological polar surface area (TPSA) is 41.4 Å². The maximum atomic E-state index is 12.1. The van der Waals surface area contributed by atoms with Crippen LogP contribution in [0.1, 0.15) is 16.9 Å². The number of hydrogen-bond donors (Lipinski definition) is 0. The Bertz CT molecular complexity index is 401. The van der Waals surface area contributed by atoms with Crippen molar-refractivity contribution in [2.75, 3.05) is 41.3 Å². The van der Waals surface area contributed by atoms with E-state index in [4.69, 9.17) is 11.6 Å². The highest BCUT2D eigenvalue weighted by Crippen LogP contribution is 2.17. The number of hydrogen-bond acceptors (Lipinski definition) is 4. The molecule has 0 amide bonds. The van der Waals surface area contributed by atoms with Crippen LogP contribution < -0.4 is 0 Å². The van der Waals surface area contributed by atoms with Gasteiger partial charge in [0.2, 0.25) is 0 Å². The highest BCUT2D eigenvalue weighted by Gasteiger charge is 2.17. The van der Waals surface area contributed by atoms with Gasteiger partial charge in [-0.25, -0.2) is 0 Å². The lowest BCUT2D eigenvalue weighted by Gasteiger charge is -2.12. The minimum atomic E-state index is 0.0463. The number of carbonyl (C=O) groups excluding carboxylic acids is 1. The molecule has 0 aromatic carbocycles. The van der Waals surface area contributed by atoms with Crippen LogP contribution in [0.25, 0.3) is 0 Å². The van der Waals surface area contributed by atoms with E-state index in [1.54, 1.807) is 10.9 Å². The van der Waals surface area contributed by atoms with Crippen molar-refractivity contribution < 1.29 is 4.79 Å². The molecule has 1 aromatic rings. The zero-order chi connectivity index (χ0) is 13.7. The molecule has 0 aliphatic carbocycles. The Morgan fingerprint density at radius 2 is 1.89 bits per heavy atom. The van der Waals surface area contributed by atoms with E-state index < -0.39 is 0 Å². The number of Topliss-reactive ketones (excluding diaryl/α,β-unsaturated/α-hetero) is 1. The van der Waals surface area contributed by atoms with E-state index in [0.717, 1.165) is 6.54 Å². The molecular weight excluding hydrogens is 252 g/mol. The number of carbonyl (C=O) groups is 1. The molecule has 0 fully saturated rings. The van der Waals surface area contributed by atoms with E-state index in [0.29, 0.717) is 30.2 Å².